The smallest absolute Gasteiger partial charge is 0.323 e. The normalized spacial score (nSPS) is 12.7. The number of sulfone groups is 1. The maximum Gasteiger partial charge on any atom is 0.323 e. The molecule has 0 spiro atoms. The minimum atomic E-state index is -3.63. The summed E-state index contributed by atoms with van der Waals surface area (Å²) in [6.07, 6.45) is 0. The van der Waals surface area contributed by atoms with E-state index < -0.39 is 21.1 Å². The minimum absolute atomic E-state index is 0.195. The Hall–Kier alpha value is -1.47. The van der Waals surface area contributed by atoms with Crippen LogP contribution in [0, 0.1) is 0 Å². The highest BCUT2D eigenvalue weighted by atomic mass is 32.2. The van der Waals surface area contributed by atoms with E-state index in [4.69, 9.17) is 18.0 Å². The van der Waals surface area contributed by atoms with Gasteiger partial charge in [0.15, 0.2) is 15.1 Å². The van der Waals surface area contributed by atoms with Crippen molar-refractivity contribution in [2.75, 3.05) is 7.11 Å². The molecular formula is C12H15NO4S2. The van der Waals surface area contributed by atoms with Gasteiger partial charge in [-0.2, -0.15) is 0 Å². The van der Waals surface area contributed by atoms with Crippen molar-refractivity contribution < 1.29 is 17.9 Å². The molecule has 1 unspecified atom stereocenters. The Morgan fingerprint density at radius 3 is 2.63 bits per heavy atom. The van der Waals surface area contributed by atoms with Crippen LogP contribution >= 0.6 is 12.2 Å². The summed E-state index contributed by atoms with van der Waals surface area (Å²) in [5.41, 5.74) is 6.60. The number of thiocarbonyl (C=S) groups is 1. The molecule has 0 aliphatic carbocycles. The van der Waals surface area contributed by atoms with Crippen molar-refractivity contribution in [3.05, 3.63) is 35.4 Å². The Balaban J connectivity index is 2.99. The average molecular weight is 301 g/mol. The van der Waals surface area contributed by atoms with E-state index in [0.29, 0.717) is 11.1 Å². The second-order valence-electron chi connectivity index (χ2n) is 4.04. The molecule has 0 bridgehead atoms. The molecular weight excluding hydrogens is 286 g/mol. The summed E-state index contributed by atoms with van der Waals surface area (Å²) in [7, 11) is -2.47. The van der Waals surface area contributed by atoms with Crippen LogP contribution in [0.25, 0.3) is 0 Å². The summed E-state index contributed by atoms with van der Waals surface area (Å²) in [5.74, 6) is -1.04. The number of ether oxygens (including phenoxy) is 1. The van der Waals surface area contributed by atoms with E-state index in [1.54, 1.807) is 24.3 Å². The van der Waals surface area contributed by atoms with Crippen molar-refractivity contribution in [3.8, 4) is 0 Å². The summed E-state index contributed by atoms with van der Waals surface area (Å²) < 4.78 is 28.5. The summed E-state index contributed by atoms with van der Waals surface area (Å²) in [6.45, 7) is 1.30. The van der Waals surface area contributed by atoms with Crippen LogP contribution in [-0.4, -0.2) is 31.7 Å². The third kappa shape index (κ3) is 4.00. The SMILES string of the molecule is COC(=O)C(C)S(=O)(=O)Cc1cccc(C(N)=S)c1. The highest BCUT2D eigenvalue weighted by Crippen LogP contribution is 2.14. The summed E-state index contributed by atoms with van der Waals surface area (Å²) in [4.78, 5) is 11.5. The Labute approximate surface area is 117 Å². The number of carbonyl (C=O) groups excluding carboxylic acids is 1. The fourth-order valence-corrected chi connectivity index (χ4v) is 2.89. The van der Waals surface area contributed by atoms with Crippen molar-refractivity contribution in [2.24, 2.45) is 5.73 Å². The third-order valence-corrected chi connectivity index (χ3v) is 4.89. The topological polar surface area (TPSA) is 86.5 Å². The molecule has 1 rings (SSSR count). The van der Waals surface area contributed by atoms with Gasteiger partial charge in [0.1, 0.15) is 4.99 Å². The standard InChI is InChI=1S/C12H15NO4S2/c1-8(12(14)17-2)19(15,16)7-9-4-3-5-10(6-9)11(13)18/h3-6,8H,7H2,1-2H3,(H2,13,18). The van der Waals surface area contributed by atoms with Crippen LogP contribution in [0.15, 0.2) is 24.3 Å². The monoisotopic (exact) mass is 301 g/mol. The van der Waals surface area contributed by atoms with E-state index in [0.717, 1.165) is 7.11 Å². The molecule has 7 heteroatoms. The van der Waals surface area contributed by atoms with E-state index in [-0.39, 0.29) is 10.7 Å². The molecule has 19 heavy (non-hydrogen) atoms. The van der Waals surface area contributed by atoms with Crippen LogP contribution in [-0.2, 0) is 25.1 Å². The van der Waals surface area contributed by atoms with Crippen molar-refractivity contribution in [3.63, 3.8) is 0 Å². The van der Waals surface area contributed by atoms with Crippen molar-refractivity contribution >= 4 is 33.0 Å². The molecule has 1 aromatic carbocycles. The average Bonchev–Trinajstić information content (AvgIpc) is 2.36. The summed E-state index contributed by atoms with van der Waals surface area (Å²) in [6, 6.07) is 6.61. The molecule has 0 aliphatic heterocycles. The summed E-state index contributed by atoms with van der Waals surface area (Å²) in [5, 5.41) is -1.20. The molecule has 0 radical (unpaired) electrons. The molecule has 0 heterocycles. The fourth-order valence-electron chi connectivity index (χ4n) is 1.48. The second kappa shape index (κ2) is 6.12. The van der Waals surface area contributed by atoms with Gasteiger partial charge in [-0.1, -0.05) is 30.4 Å². The predicted octanol–water partition coefficient (Wildman–Crippen LogP) is 0.797. The number of carbonyl (C=O) groups is 1. The number of hydrogen-bond acceptors (Lipinski definition) is 5. The Morgan fingerprint density at radius 1 is 1.47 bits per heavy atom. The first-order valence-corrected chi connectivity index (χ1v) is 7.58. The molecule has 0 aliphatic rings. The van der Waals surface area contributed by atoms with Crippen LogP contribution in [0.1, 0.15) is 18.1 Å². The van der Waals surface area contributed by atoms with Gasteiger partial charge >= 0.3 is 5.97 Å². The van der Waals surface area contributed by atoms with Gasteiger partial charge in [-0.05, 0) is 18.6 Å². The number of benzene rings is 1. The molecule has 0 aromatic heterocycles. The molecule has 1 aromatic rings. The Kier molecular flexibility index (Phi) is 5.02. The zero-order valence-corrected chi connectivity index (χ0v) is 12.3. The fraction of sp³-hybridized carbons (Fsp3) is 0.333. The van der Waals surface area contributed by atoms with E-state index >= 15 is 0 Å². The maximum atomic E-state index is 12.0. The molecule has 104 valence electrons. The quantitative estimate of drug-likeness (QED) is 0.639. The van der Waals surface area contributed by atoms with Crippen molar-refractivity contribution in [1.29, 1.82) is 0 Å². The van der Waals surface area contributed by atoms with Gasteiger partial charge in [0.2, 0.25) is 0 Å². The van der Waals surface area contributed by atoms with Crippen LogP contribution in [0.3, 0.4) is 0 Å². The van der Waals surface area contributed by atoms with E-state index in [1.165, 1.54) is 6.92 Å². The van der Waals surface area contributed by atoms with Crippen molar-refractivity contribution in [1.82, 2.24) is 0 Å². The van der Waals surface area contributed by atoms with Crippen LogP contribution in [0.4, 0.5) is 0 Å². The van der Waals surface area contributed by atoms with Gasteiger partial charge in [0, 0.05) is 5.56 Å². The molecule has 2 N–H and O–H groups in total. The molecule has 5 nitrogen and oxygen atoms in total. The molecule has 0 saturated heterocycles. The molecule has 1 atom stereocenters. The van der Waals surface area contributed by atoms with Gasteiger partial charge in [-0.3, -0.25) is 4.79 Å². The number of hydrogen-bond donors (Lipinski definition) is 1. The Morgan fingerprint density at radius 2 is 2.11 bits per heavy atom. The Bertz CT molecular complexity index is 596. The van der Waals surface area contributed by atoms with Gasteiger partial charge in [0.05, 0.1) is 12.9 Å². The van der Waals surface area contributed by atoms with E-state index in [1.807, 2.05) is 0 Å². The van der Waals surface area contributed by atoms with Gasteiger partial charge < -0.3 is 10.5 Å². The van der Waals surface area contributed by atoms with E-state index in [2.05, 4.69) is 4.74 Å². The first-order valence-electron chi connectivity index (χ1n) is 5.46. The third-order valence-electron chi connectivity index (χ3n) is 2.65. The molecule has 0 saturated carbocycles. The number of nitrogens with two attached hydrogens (primary N) is 1. The summed E-state index contributed by atoms with van der Waals surface area (Å²) >= 11 is 4.83. The zero-order valence-electron chi connectivity index (χ0n) is 10.6. The highest BCUT2D eigenvalue weighted by molar-refractivity contribution is 7.92. The van der Waals surface area contributed by atoms with Gasteiger partial charge in [0.25, 0.3) is 0 Å². The molecule has 0 fully saturated rings. The lowest BCUT2D eigenvalue weighted by Crippen LogP contribution is -2.29. The van der Waals surface area contributed by atoms with Crippen LogP contribution in [0.2, 0.25) is 0 Å². The lowest BCUT2D eigenvalue weighted by Gasteiger charge is -2.11. The highest BCUT2D eigenvalue weighted by Gasteiger charge is 2.28. The predicted molar refractivity (Wildman–Crippen MR) is 76.4 cm³/mol. The van der Waals surface area contributed by atoms with Gasteiger partial charge in [-0.25, -0.2) is 8.42 Å². The number of methoxy groups -OCH3 is 1. The van der Waals surface area contributed by atoms with E-state index in [9.17, 15) is 13.2 Å². The first-order chi connectivity index (χ1) is 8.77. The number of rotatable bonds is 5. The first kappa shape index (κ1) is 15.6. The van der Waals surface area contributed by atoms with Gasteiger partial charge in [-0.15, -0.1) is 0 Å². The maximum absolute atomic E-state index is 12.0. The zero-order chi connectivity index (χ0) is 14.6. The lowest BCUT2D eigenvalue weighted by atomic mass is 10.1. The minimum Gasteiger partial charge on any atom is -0.468 e. The van der Waals surface area contributed by atoms with Crippen molar-refractivity contribution in [2.45, 2.75) is 17.9 Å². The second-order valence-corrected chi connectivity index (χ2v) is 6.80. The van der Waals surface area contributed by atoms with Crippen LogP contribution in [0.5, 0.6) is 0 Å². The number of esters is 1. The molecule has 0 amide bonds. The largest absolute Gasteiger partial charge is 0.468 e. The van der Waals surface area contributed by atoms with Crippen LogP contribution < -0.4 is 5.73 Å². The lowest BCUT2D eigenvalue weighted by molar-refractivity contribution is -0.139.